The predicted octanol–water partition coefficient (Wildman–Crippen LogP) is 3.07. The fourth-order valence-electron chi connectivity index (χ4n) is 0. The Bertz CT molecular complexity index is 23.1. The zero-order valence-electron chi connectivity index (χ0n) is 2.01. The van der Waals surface area contributed by atoms with Gasteiger partial charge >= 0.3 is 54.7 Å². The molecule has 0 radical (unpaired) electrons. The van der Waals surface area contributed by atoms with Crippen LogP contribution in [0.4, 0.5) is 0 Å². The van der Waals surface area contributed by atoms with E-state index in [4.69, 9.17) is 17.2 Å². The molecular weight excluding hydrogens is 409 g/mol. The van der Waals surface area contributed by atoms with Crippen LogP contribution in [0.15, 0.2) is 0 Å². The molecule has 0 unspecified atom stereocenters. The SMILES string of the molecule is [Cl][Hf]([Cl])([Br])[Br]. The summed E-state index contributed by atoms with van der Waals surface area (Å²) < 4.78 is 0. The van der Waals surface area contributed by atoms with Gasteiger partial charge in [-0.1, -0.05) is 0 Å². The molecule has 32 valence electrons. The summed E-state index contributed by atoms with van der Waals surface area (Å²) in [6.07, 6.45) is 0. The standard InChI is InChI=1S/2BrH.2ClH.Hf/h4*1H;/q;;;;+4/p-4. The molecule has 0 saturated carbocycles. The van der Waals surface area contributed by atoms with Crippen LogP contribution in [0, 0.1) is 0 Å². The number of hydrogen-bond acceptors (Lipinski definition) is 0. The maximum absolute atomic E-state index is 5.35. The van der Waals surface area contributed by atoms with Crippen molar-refractivity contribution in [3.63, 3.8) is 0 Å². The number of hydrogen-bond donors (Lipinski definition) is 0. The minimum atomic E-state index is -2.71. The third-order valence-electron chi connectivity index (χ3n) is 0. The monoisotopic (exact) mass is 408 g/mol. The zero-order chi connectivity index (χ0) is 4.50. The molecule has 0 N–H and O–H groups in total. The molecule has 5 heteroatoms. The van der Waals surface area contributed by atoms with Gasteiger partial charge in [-0.05, 0) is 0 Å². The number of halogens is 4. The van der Waals surface area contributed by atoms with Gasteiger partial charge in [-0.15, -0.1) is 0 Å². The van der Waals surface area contributed by atoms with Gasteiger partial charge in [0.05, 0.1) is 0 Å². The molecule has 0 fully saturated rings. The Balaban J connectivity index is 3.02. The van der Waals surface area contributed by atoms with Crippen LogP contribution in [-0.4, -0.2) is 0 Å². The number of rotatable bonds is 0. The first kappa shape index (κ1) is 7.41. The van der Waals surface area contributed by atoms with Gasteiger partial charge in [0.15, 0.2) is 0 Å². The van der Waals surface area contributed by atoms with Crippen molar-refractivity contribution in [1.82, 2.24) is 0 Å². The normalized spacial score (nSPS) is 12.0. The van der Waals surface area contributed by atoms with Crippen LogP contribution in [0.1, 0.15) is 0 Å². The van der Waals surface area contributed by atoms with Crippen molar-refractivity contribution < 1.29 is 12.9 Å². The van der Waals surface area contributed by atoms with Gasteiger partial charge in [0.2, 0.25) is 0 Å². The minimum absolute atomic E-state index is 2.71. The van der Waals surface area contributed by atoms with Crippen molar-refractivity contribution in [2.45, 2.75) is 0 Å². The van der Waals surface area contributed by atoms with Crippen molar-refractivity contribution in [3.05, 3.63) is 0 Å². The van der Waals surface area contributed by atoms with Gasteiger partial charge in [-0.3, -0.25) is 0 Å². The first-order valence-corrected chi connectivity index (χ1v) is 25.4. The molecule has 0 aliphatic heterocycles. The average molecular weight is 409 g/mol. The van der Waals surface area contributed by atoms with Crippen molar-refractivity contribution in [1.29, 1.82) is 0 Å². The molecule has 0 heterocycles. The summed E-state index contributed by atoms with van der Waals surface area (Å²) in [5.74, 6) is 0. The van der Waals surface area contributed by atoms with E-state index >= 15 is 0 Å². The van der Waals surface area contributed by atoms with Crippen molar-refractivity contribution in [2.75, 3.05) is 0 Å². The molecule has 0 saturated heterocycles. The van der Waals surface area contributed by atoms with E-state index in [0.717, 1.165) is 0 Å². The third-order valence-corrected chi connectivity index (χ3v) is 0. The molecule has 0 aromatic rings. The summed E-state index contributed by atoms with van der Waals surface area (Å²) in [5.41, 5.74) is 0. The van der Waals surface area contributed by atoms with E-state index in [-0.39, 0.29) is 0 Å². The van der Waals surface area contributed by atoms with Gasteiger partial charge in [0, 0.05) is 0 Å². The molecule has 0 amide bonds. The summed E-state index contributed by atoms with van der Waals surface area (Å²) in [7, 11) is 10.7. The predicted molar refractivity (Wildman–Crippen MR) is 29.6 cm³/mol. The third kappa shape index (κ3) is 21.5. The van der Waals surface area contributed by atoms with Gasteiger partial charge < -0.3 is 0 Å². The molecule has 0 bridgehead atoms. The maximum atomic E-state index is 5.35. The van der Waals surface area contributed by atoms with E-state index in [9.17, 15) is 0 Å². The van der Waals surface area contributed by atoms with E-state index in [1.54, 1.807) is 0 Å². The second-order valence-electron chi connectivity index (χ2n) is 0.429. The van der Waals surface area contributed by atoms with Crippen LogP contribution in [0.3, 0.4) is 0 Å². The zero-order valence-corrected chi connectivity index (χ0v) is 10.3. The molecule has 0 spiro atoms. The molecule has 0 atom stereocenters. The van der Waals surface area contributed by atoms with E-state index in [0.29, 0.717) is 0 Å². The van der Waals surface area contributed by atoms with E-state index < -0.39 is 12.9 Å². The van der Waals surface area contributed by atoms with Crippen LogP contribution in [0.2, 0.25) is 0 Å². The Morgan fingerprint density at radius 3 is 1.20 bits per heavy atom. The summed E-state index contributed by atoms with van der Waals surface area (Å²) in [6, 6.07) is 0. The summed E-state index contributed by atoms with van der Waals surface area (Å²) in [5, 5.41) is 0. The van der Waals surface area contributed by atoms with Crippen molar-refractivity contribution in [2.24, 2.45) is 0 Å². The Hall–Kier alpha value is 2.41. The molecule has 0 aliphatic carbocycles. The Morgan fingerprint density at radius 1 is 1.20 bits per heavy atom. The second-order valence-corrected chi connectivity index (χ2v) is 57.5. The molecule has 0 nitrogen and oxygen atoms in total. The second kappa shape index (κ2) is 2.65. The quantitative estimate of drug-likeness (QED) is 0.540. The summed E-state index contributed by atoms with van der Waals surface area (Å²) in [6.45, 7) is 0. The van der Waals surface area contributed by atoms with Crippen LogP contribution in [0.25, 0.3) is 0 Å². The summed E-state index contributed by atoms with van der Waals surface area (Å²) >= 11 is 3.38. The van der Waals surface area contributed by atoms with Crippen LogP contribution < -0.4 is 0 Å². The van der Waals surface area contributed by atoms with Gasteiger partial charge in [-0.25, -0.2) is 0 Å². The topological polar surface area (TPSA) is 0 Å². The van der Waals surface area contributed by atoms with Crippen molar-refractivity contribution in [3.8, 4) is 0 Å². The summed E-state index contributed by atoms with van der Waals surface area (Å²) in [4.78, 5) is 0. The van der Waals surface area contributed by atoms with Crippen LogP contribution >= 0.6 is 41.7 Å². The first-order valence-electron chi connectivity index (χ1n) is 0.756. The van der Waals surface area contributed by atoms with Gasteiger partial charge in [0.25, 0.3) is 0 Å². The molecule has 5 heavy (non-hydrogen) atoms. The Kier molecular flexibility index (Phi) is 3.93. The van der Waals surface area contributed by atoms with E-state index in [1.807, 2.05) is 0 Å². The van der Waals surface area contributed by atoms with Crippen molar-refractivity contribution >= 4 is 41.7 Å². The van der Waals surface area contributed by atoms with Gasteiger partial charge in [-0.2, -0.15) is 0 Å². The van der Waals surface area contributed by atoms with E-state index in [2.05, 4.69) is 24.6 Å². The van der Waals surface area contributed by atoms with Gasteiger partial charge in [0.1, 0.15) is 0 Å². The average Bonchev–Trinajstić information content (AvgIpc) is 0.722. The molecule has 0 aromatic carbocycles. The molecule has 0 aliphatic rings. The van der Waals surface area contributed by atoms with E-state index in [1.165, 1.54) is 0 Å². The molecule has 0 rings (SSSR count). The Morgan fingerprint density at radius 2 is 1.20 bits per heavy atom. The van der Waals surface area contributed by atoms with Crippen LogP contribution in [0.5, 0.6) is 0 Å². The Labute approximate surface area is 53.7 Å². The first-order chi connectivity index (χ1) is 2.00. The fourth-order valence-corrected chi connectivity index (χ4v) is 0. The van der Waals surface area contributed by atoms with Crippen LogP contribution in [-0.2, 0) is 12.9 Å². The fraction of sp³-hybridized carbons (Fsp3) is 0. The molecular formula is Br2Cl2Hf. The molecule has 0 aromatic heterocycles.